The van der Waals surface area contributed by atoms with Crippen molar-refractivity contribution in [1.29, 1.82) is 0 Å². The Morgan fingerprint density at radius 3 is 2.67 bits per heavy atom. The van der Waals surface area contributed by atoms with Crippen LogP contribution in [-0.4, -0.2) is 5.91 Å². The summed E-state index contributed by atoms with van der Waals surface area (Å²) < 4.78 is 12.7. The fourth-order valence-electron chi connectivity index (χ4n) is 1.70. The van der Waals surface area contributed by atoms with Crippen LogP contribution in [0.2, 0.25) is 0 Å². The molecule has 94 valence electrons. The molecule has 0 fully saturated rings. The number of hydrogen-bond donors (Lipinski definition) is 1. The Labute approximate surface area is 109 Å². The number of thiophene rings is 1. The van der Waals surface area contributed by atoms with Crippen molar-refractivity contribution < 1.29 is 9.18 Å². The molecule has 18 heavy (non-hydrogen) atoms. The molecule has 1 aromatic carbocycles. The maximum Gasteiger partial charge on any atom is 0.251 e. The molecule has 0 aliphatic rings. The van der Waals surface area contributed by atoms with Crippen LogP contribution in [0.15, 0.2) is 35.7 Å². The molecule has 1 aromatic heterocycles. The van der Waals surface area contributed by atoms with E-state index in [1.807, 2.05) is 5.38 Å². The van der Waals surface area contributed by atoms with Crippen LogP contribution in [0.25, 0.3) is 0 Å². The summed E-state index contributed by atoms with van der Waals surface area (Å²) in [6.07, 6.45) is 0.964. The number of aryl methyl sites for hydroxylation is 1. The van der Waals surface area contributed by atoms with Crippen molar-refractivity contribution in [2.24, 2.45) is 0 Å². The molecule has 1 heterocycles. The first-order valence-corrected chi connectivity index (χ1v) is 6.67. The molecule has 0 bridgehead atoms. The standard InChI is InChI=1S/C14H14FNOS/c1-2-10-7-8-18-13(10)9-16-14(17)11-3-5-12(15)6-4-11/h3-8H,2,9H2,1H3,(H,16,17). The second kappa shape index (κ2) is 5.78. The minimum Gasteiger partial charge on any atom is -0.347 e. The third-order valence-electron chi connectivity index (χ3n) is 2.73. The molecule has 0 aliphatic carbocycles. The summed E-state index contributed by atoms with van der Waals surface area (Å²) in [6.45, 7) is 2.62. The lowest BCUT2D eigenvalue weighted by molar-refractivity contribution is 0.0951. The SMILES string of the molecule is CCc1ccsc1CNC(=O)c1ccc(F)cc1. The Bertz CT molecular complexity index is 533. The molecule has 1 amide bonds. The van der Waals surface area contributed by atoms with E-state index < -0.39 is 0 Å². The molecule has 0 aliphatic heterocycles. The van der Waals surface area contributed by atoms with E-state index >= 15 is 0 Å². The molecule has 2 aromatic rings. The van der Waals surface area contributed by atoms with Crippen LogP contribution in [0.3, 0.4) is 0 Å². The van der Waals surface area contributed by atoms with Crippen molar-refractivity contribution in [1.82, 2.24) is 5.32 Å². The van der Waals surface area contributed by atoms with E-state index in [-0.39, 0.29) is 11.7 Å². The number of carbonyl (C=O) groups is 1. The number of amides is 1. The quantitative estimate of drug-likeness (QED) is 0.900. The lowest BCUT2D eigenvalue weighted by atomic mass is 10.2. The number of nitrogens with one attached hydrogen (secondary N) is 1. The van der Waals surface area contributed by atoms with Gasteiger partial charge in [-0.1, -0.05) is 6.92 Å². The van der Waals surface area contributed by atoms with Crippen LogP contribution < -0.4 is 5.32 Å². The fraction of sp³-hybridized carbons (Fsp3) is 0.214. The number of benzene rings is 1. The molecule has 4 heteroatoms. The number of rotatable bonds is 4. The molecule has 0 atom stereocenters. The molecular weight excluding hydrogens is 249 g/mol. The molecule has 0 radical (unpaired) electrons. The summed E-state index contributed by atoms with van der Waals surface area (Å²) >= 11 is 1.64. The average Bonchev–Trinajstić information content (AvgIpc) is 2.84. The second-order valence-corrected chi connectivity index (χ2v) is 4.91. The van der Waals surface area contributed by atoms with E-state index in [0.29, 0.717) is 12.1 Å². The van der Waals surface area contributed by atoms with Gasteiger partial charge in [-0.15, -0.1) is 11.3 Å². The van der Waals surface area contributed by atoms with Gasteiger partial charge in [0.05, 0.1) is 6.54 Å². The van der Waals surface area contributed by atoms with E-state index in [0.717, 1.165) is 6.42 Å². The first-order chi connectivity index (χ1) is 8.70. The lowest BCUT2D eigenvalue weighted by Crippen LogP contribution is -2.22. The van der Waals surface area contributed by atoms with Crippen molar-refractivity contribution in [3.05, 3.63) is 57.5 Å². The van der Waals surface area contributed by atoms with E-state index in [1.165, 1.54) is 34.7 Å². The van der Waals surface area contributed by atoms with Gasteiger partial charge in [-0.25, -0.2) is 4.39 Å². The van der Waals surface area contributed by atoms with Crippen LogP contribution in [-0.2, 0) is 13.0 Å². The van der Waals surface area contributed by atoms with E-state index in [1.54, 1.807) is 11.3 Å². The van der Waals surface area contributed by atoms with Crippen LogP contribution >= 0.6 is 11.3 Å². The topological polar surface area (TPSA) is 29.1 Å². The zero-order chi connectivity index (χ0) is 13.0. The summed E-state index contributed by atoms with van der Waals surface area (Å²) in [7, 11) is 0. The Morgan fingerprint density at radius 1 is 1.28 bits per heavy atom. The monoisotopic (exact) mass is 263 g/mol. The smallest absolute Gasteiger partial charge is 0.251 e. The molecule has 0 saturated carbocycles. The van der Waals surface area contributed by atoms with Gasteiger partial charge in [0.2, 0.25) is 0 Å². The minimum absolute atomic E-state index is 0.176. The first kappa shape index (κ1) is 12.8. The summed E-state index contributed by atoms with van der Waals surface area (Å²) in [5, 5.41) is 4.87. The van der Waals surface area contributed by atoms with Gasteiger partial charge < -0.3 is 5.32 Å². The molecule has 0 spiro atoms. The Kier molecular flexibility index (Phi) is 4.10. The zero-order valence-electron chi connectivity index (χ0n) is 10.1. The lowest BCUT2D eigenvalue weighted by Gasteiger charge is -2.05. The van der Waals surface area contributed by atoms with Crippen molar-refractivity contribution in [3.8, 4) is 0 Å². The number of carbonyl (C=O) groups excluding carboxylic acids is 1. The van der Waals surface area contributed by atoms with Gasteiger partial charge in [-0.3, -0.25) is 4.79 Å². The van der Waals surface area contributed by atoms with Gasteiger partial charge in [-0.2, -0.15) is 0 Å². The van der Waals surface area contributed by atoms with Gasteiger partial charge in [0, 0.05) is 10.4 Å². The largest absolute Gasteiger partial charge is 0.347 e. The highest BCUT2D eigenvalue weighted by atomic mass is 32.1. The highest BCUT2D eigenvalue weighted by Crippen LogP contribution is 2.17. The second-order valence-electron chi connectivity index (χ2n) is 3.91. The highest BCUT2D eigenvalue weighted by Gasteiger charge is 2.07. The Morgan fingerprint density at radius 2 is 2.00 bits per heavy atom. The first-order valence-electron chi connectivity index (χ1n) is 5.79. The zero-order valence-corrected chi connectivity index (χ0v) is 10.9. The van der Waals surface area contributed by atoms with E-state index in [2.05, 4.69) is 18.3 Å². The van der Waals surface area contributed by atoms with Crippen LogP contribution in [0.5, 0.6) is 0 Å². The van der Waals surface area contributed by atoms with Crippen LogP contribution in [0.1, 0.15) is 27.7 Å². The molecule has 2 nitrogen and oxygen atoms in total. The molecular formula is C14H14FNOS. The normalized spacial score (nSPS) is 10.3. The molecule has 0 unspecified atom stereocenters. The Hall–Kier alpha value is -1.68. The van der Waals surface area contributed by atoms with Crippen molar-refractivity contribution in [2.75, 3.05) is 0 Å². The van der Waals surface area contributed by atoms with Gasteiger partial charge in [0.1, 0.15) is 5.82 Å². The minimum atomic E-state index is -0.335. The van der Waals surface area contributed by atoms with Gasteiger partial charge in [0.25, 0.3) is 5.91 Å². The number of hydrogen-bond acceptors (Lipinski definition) is 2. The third-order valence-corrected chi connectivity index (χ3v) is 3.70. The predicted octanol–water partition coefficient (Wildman–Crippen LogP) is 3.38. The van der Waals surface area contributed by atoms with Crippen LogP contribution in [0.4, 0.5) is 4.39 Å². The van der Waals surface area contributed by atoms with E-state index in [4.69, 9.17) is 0 Å². The van der Waals surface area contributed by atoms with Crippen molar-refractivity contribution in [2.45, 2.75) is 19.9 Å². The predicted molar refractivity (Wildman–Crippen MR) is 71.3 cm³/mol. The maximum absolute atomic E-state index is 12.7. The third kappa shape index (κ3) is 2.96. The molecule has 2 rings (SSSR count). The molecule has 0 saturated heterocycles. The molecule has 1 N–H and O–H groups in total. The summed E-state index contributed by atoms with van der Waals surface area (Å²) in [5.41, 5.74) is 1.74. The average molecular weight is 263 g/mol. The van der Waals surface area contributed by atoms with Crippen LogP contribution in [0, 0.1) is 5.82 Å². The summed E-state index contributed by atoms with van der Waals surface area (Å²) in [5.74, 6) is -0.511. The van der Waals surface area contributed by atoms with E-state index in [9.17, 15) is 9.18 Å². The highest BCUT2D eigenvalue weighted by molar-refractivity contribution is 7.10. The van der Waals surface area contributed by atoms with Gasteiger partial charge >= 0.3 is 0 Å². The van der Waals surface area contributed by atoms with Crippen molar-refractivity contribution in [3.63, 3.8) is 0 Å². The van der Waals surface area contributed by atoms with Gasteiger partial charge in [-0.05, 0) is 47.7 Å². The number of halogens is 1. The summed E-state index contributed by atoms with van der Waals surface area (Å²) in [6, 6.07) is 7.62. The van der Waals surface area contributed by atoms with Crippen molar-refractivity contribution >= 4 is 17.2 Å². The maximum atomic E-state index is 12.7. The Balaban J connectivity index is 1.98. The summed E-state index contributed by atoms with van der Waals surface area (Å²) in [4.78, 5) is 13.0. The van der Waals surface area contributed by atoms with Gasteiger partial charge in [0.15, 0.2) is 0 Å². The fourth-order valence-corrected chi connectivity index (χ4v) is 2.62.